The van der Waals surface area contributed by atoms with Gasteiger partial charge in [-0.05, 0) is 49.7 Å². The second-order valence-corrected chi connectivity index (χ2v) is 7.27. The average Bonchev–Trinajstić information content (AvgIpc) is 2.58. The maximum Gasteiger partial charge on any atom is 0.339 e. The van der Waals surface area contributed by atoms with Gasteiger partial charge < -0.3 is 9.64 Å². The van der Waals surface area contributed by atoms with E-state index in [1.165, 1.54) is 11.1 Å². The van der Waals surface area contributed by atoms with Gasteiger partial charge in [-0.2, -0.15) is 0 Å². The molecule has 0 bridgehead atoms. The molecule has 1 spiro atoms. The Balaban J connectivity index is 0.00000182. The molecule has 0 saturated heterocycles. The fourth-order valence-corrected chi connectivity index (χ4v) is 4.40. The van der Waals surface area contributed by atoms with Crippen molar-refractivity contribution in [1.82, 2.24) is 4.90 Å². The van der Waals surface area contributed by atoms with Crippen LogP contribution in [0.3, 0.4) is 0 Å². The molecule has 0 radical (unpaired) electrons. The zero-order chi connectivity index (χ0) is 16.7. The highest BCUT2D eigenvalue weighted by Gasteiger charge is 2.50. The normalized spacial score (nSPS) is 24.3. The van der Waals surface area contributed by atoms with Gasteiger partial charge in [-0.15, -0.1) is 12.4 Å². The summed E-state index contributed by atoms with van der Waals surface area (Å²) in [5.41, 5.74) is 3.81. The molecular formula is C21H24ClNO2. The predicted octanol–water partition coefficient (Wildman–Crippen LogP) is 3.84. The van der Waals surface area contributed by atoms with E-state index >= 15 is 0 Å². The first-order valence-electron chi connectivity index (χ1n) is 8.64. The molecule has 4 heteroatoms. The van der Waals surface area contributed by atoms with Crippen LogP contribution in [-0.2, 0) is 23.2 Å². The van der Waals surface area contributed by atoms with Gasteiger partial charge in [-0.1, -0.05) is 42.5 Å². The molecule has 132 valence electrons. The summed E-state index contributed by atoms with van der Waals surface area (Å²) in [4.78, 5) is 15.0. The van der Waals surface area contributed by atoms with Gasteiger partial charge in [0.1, 0.15) is 5.60 Å². The van der Waals surface area contributed by atoms with E-state index in [9.17, 15) is 4.79 Å². The van der Waals surface area contributed by atoms with E-state index in [-0.39, 0.29) is 18.4 Å². The van der Waals surface area contributed by atoms with Gasteiger partial charge >= 0.3 is 5.97 Å². The number of ether oxygens (including phenoxy) is 1. The minimum absolute atomic E-state index is 0. The summed E-state index contributed by atoms with van der Waals surface area (Å²) in [6.45, 7) is 0.920. The number of fused-ring (bicyclic) bond motifs is 3. The third-order valence-corrected chi connectivity index (χ3v) is 5.45. The minimum atomic E-state index is -0.537. The molecule has 2 aliphatic rings. The van der Waals surface area contributed by atoms with Crippen molar-refractivity contribution in [1.29, 1.82) is 0 Å². The fourth-order valence-electron chi connectivity index (χ4n) is 4.40. The Kier molecular flexibility index (Phi) is 4.90. The van der Waals surface area contributed by atoms with E-state index in [1.54, 1.807) is 0 Å². The molecule has 1 heterocycles. The molecule has 3 nitrogen and oxygen atoms in total. The number of hydrogen-bond donors (Lipinski definition) is 0. The Morgan fingerprint density at radius 1 is 1.08 bits per heavy atom. The Hall–Kier alpha value is -1.84. The number of rotatable bonds is 2. The van der Waals surface area contributed by atoms with Crippen molar-refractivity contribution < 1.29 is 9.53 Å². The first-order chi connectivity index (χ1) is 11.6. The van der Waals surface area contributed by atoms with Crippen molar-refractivity contribution >= 4 is 18.4 Å². The number of halogens is 1. The highest BCUT2D eigenvalue weighted by atomic mass is 35.5. The number of hydrogen-bond acceptors (Lipinski definition) is 3. The zero-order valence-corrected chi connectivity index (χ0v) is 15.5. The molecule has 1 aliphatic carbocycles. The maximum atomic E-state index is 12.8. The zero-order valence-electron chi connectivity index (χ0n) is 14.7. The first kappa shape index (κ1) is 18.0. The molecule has 2 unspecified atom stereocenters. The highest BCUT2D eigenvalue weighted by molar-refractivity contribution is 5.92. The lowest BCUT2D eigenvalue weighted by molar-refractivity contribution is -0.0749. The van der Waals surface area contributed by atoms with Crippen LogP contribution in [0.15, 0.2) is 48.5 Å². The summed E-state index contributed by atoms with van der Waals surface area (Å²) in [7, 11) is 4.18. The monoisotopic (exact) mass is 357 g/mol. The number of carbonyl (C=O) groups is 1. The number of benzene rings is 2. The second-order valence-electron chi connectivity index (χ2n) is 7.27. The Morgan fingerprint density at radius 2 is 1.76 bits per heavy atom. The van der Waals surface area contributed by atoms with Crippen LogP contribution in [0.4, 0.5) is 0 Å². The summed E-state index contributed by atoms with van der Waals surface area (Å²) in [6.07, 6.45) is 2.87. The van der Waals surface area contributed by atoms with E-state index < -0.39 is 5.60 Å². The molecule has 4 rings (SSSR count). The molecule has 0 amide bonds. The number of carbonyl (C=O) groups excluding carboxylic acids is 1. The summed E-state index contributed by atoms with van der Waals surface area (Å²) < 4.78 is 6.22. The van der Waals surface area contributed by atoms with Gasteiger partial charge in [0.05, 0.1) is 5.56 Å². The van der Waals surface area contributed by atoms with Crippen LogP contribution in [0.2, 0.25) is 0 Å². The standard InChI is InChI=1S/C21H23NO2.ClH/c1-22(2)14-17-12-11-15-7-4-6-10-19(15)21(17)13-16-8-3-5-9-18(16)20(23)24-21;/h3-10,17H,11-14H2,1-2H3;1H. The van der Waals surface area contributed by atoms with Crippen molar-refractivity contribution in [2.75, 3.05) is 20.6 Å². The third kappa shape index (κ3) is 2.96. The van der Waals surface area contributed by atoms with E-state index in [4.69, 9.17) is 4.74 Å². The van der Waals surface area contributed by atoms with Crippen molar-refractivity contribution in [3.05, 3.63) is 70.8 Å². The van der Waals surface area contributed by atoms with Gasteiger partial charge in [0.25, 0.3) is 0 Å². The van der Waals surface area contributed by atoms with Gasteiger partial charge in [-0.3, -0.25) is 0 Å². The lowest BCUT2D eigenvalue weighted by Crippen LogP contribution is -2.51. The maximum absolute atomic E-state index is 12.8. The largest absolute Gasteiger partial charge is 0.450 e. The van der Waals surface area contributed by atoms with Crippen LogP contribution in [0.25, 0.3) is 0 Å². The average molecular weight is 358 g/mol. The summed E-state index contributed by atoms with van der Waals surface area (Å²) in [5.74, 6) is 0.122. The van der Waals surface area contributed by atoms with E-state index in [1.807, 2.05) is 18.2 Å². The minimum Gasteiger partial charge on any atom is -0.450 e. The number of aryl methyl sites for hydroxylation is 1. The van der Waals surface area contributed by atoms with Gasteiger partial charge in [-0.25, -0.2) is 4.79 Å². The number of nitrogens with zero attached hydrogens (tertiary/aromatic N) is 1. The van der Waals surface area contributed by atoms with Crippen molar-refractivity contribution in [2.45, 2.75) is 24.9 Å². The molecule has 0 fully saturated rings. The van der Waals surface area contributed by atoms with Crippen LogP contribution >= 0.6 is 12.4 Å². The van der Waals surface area contributed by atoms with E-state index in [0.29, 0.717) is 5.92 Å². The van der Waals surface area contributed by atoms with Crippen LogP contribution in [0.1, 0.15) is 33.5 Å². The van der Waals surface area contributed by atoms with Crippen molar-refractivity contribution in [2.24, 2.45) is 5.92 Å². The third-order valence-electron chi connectivity index (χ3n) is 5.45. The smallest absolute Gasteiger partial charge is 0.339 e. The quantitative estimate of drug-likeness (QED) is 0.765. The van der Waals surface area contributed by atoms with E-state index in [2.05, 4.69) is 49.3 Å². The van der Waals surface area contributed by atoms with Crippen LogP contribution in [-0.4, -0.2) is 31.5 Å². The van der Waals surface area contributed by atoms with Gasteiger partial charge in [0.15, 0.2) is 0 Å². The fraction of sp³-hybridized carbons (Fsp3) is 0.381. The summed E-state index contributed by atoms with van der Waals surface area (Å²) >= 11 is 0. The van der Waals surface area contributed by atoms with Crippen LogP contribution in [0, 0.1) is 5.92 Å². The Morgan fingerprint density at radius 3 is 2.52 bits per heavy atom. The lowest BCUT2D eigenvalue weighted by atomic mass is 9.67. The summed E-state index contributed by atoms with van der Waals surface area (Å²) in [6, 6.07) is 16.3. The molecule has 0 N–H and O–H groups in total. The molecule has 1 aliphatic heterocycles. The molecule has 0 aromatic heterocycles. The topological polar surface area (TPSA) is 29.5 Å². The molecule has 25 heavy (non-hydrogen) atoms. The highest BCUT2D eigenvalue weighted by Crippen LogP contribution is 2.48. The van der Waals surface area contributed by atoms with Crippen LogP contribution < -0.4 is 0 Å². The SMILES string of the molecule is CN(C)CC1CCc2ccccc2C12Cc1ccccc1C(=O)O2.Cl. The molecular weight excluding hydrogens is 334 g/mol. The van der Waals surface area contributed by atoms with Crippen LogP contribution in [0.5, 0.6) is 0 Å². The number of esters is 1. The van der Waals surface area contributed by atoms with Gasteiger partial charge in [0, 0.05) is 18.9 Å². The summed E-state index contributed by atoms with van der Waals surface area (Å²) in [5, 5.41) is 0. The lowest BCUT2D eigenvalue weighted by Gasteiger charge is -2.47. The van der Waals surface area contributed by atoms with Crippen molar-refractivity contribution in [3.63, 3.8) is 0 Å². The molecule has 2 aromatic carbocycles. The molecule has 2 aromatic rings. The first-order valence-corrected chi connectivity index (χ1v) is 8.64. The van der Waals surface area contributed by atoms with E-state index in [0.717, 1.165) is 36.9 Å². The Bertz CT molecular complexity index is 789. The van der Waals surface area contributed by atoms with Gasteiger partial charge in [0.2, 0.25) is 0 Å². The second kappa shape index (κ2) is 6.81. The van der Waals surface area contributed by atoms with Crippen molar-refractivity contribution in [3.8, 4) is 0 Å². The predicted molar refractivity (Wildman–Crippen MR) is 101 cm³/mol. The molecule has 0 saturated carbocycles. The molecule has 2 atom stereocenters. The Labute approximate surface area is 155 Å².